The lowest BCUT2D eigenvalue weighted by Crippen LogP contribution is -2.52. The fourth-order valence-electron chi connectivity index (χ4n) is 3.46. The Labute approximate surface area is 168 Å². The Hall–Kier alpha value is -3.41. The molecule has 2 aromatic rings. The summed E-state index contributed by atoms with van der Waals surface area (Å²) >= 11 is 0. The summed E-state index contributed by atoms with van der Waals surface area (Å²) in [6.07, 6.45) is 8.24. The van der Waals surface area contributed by atoms with Gasteiger partial charge in [0.25, 0.3) is 11.1 Å². The molecule has 0 aliphatic heterocycles. The molecule has 150 valence electrons. The lowest BCUT2D eigenvalue weighted by molar-refractivity contribution is 0.100. The van der Waals surface area contributed by atoms with Gasteiger partial charge in [-0.05, 0) is 67.5 Å². The van der Waals surface area contributed by atoms with Crippen molar-refractivity contribution in [2.75, 3.05) is 0 Å². The van der Waals surface area contributed by atoms with Crippen LogP contribution in [-0.2, 0) is 7.05 Å². The smallest absolute Gasteiger partial charge is 0.274 e. The monoisotopic (exact) mass is 391 g/mol. The average molecular weight is 391 g/mol. The van der Waals surface area contributed by atoms with Gasteiger partial charge in [-0.3, -0.25) is 14.4 Å². The van der Waals surface area contributed by atoms with Gasteiger partial charge in [-0.2, -0.15) is 0 Å². The number of carbonyl (C=O) groups is 1. The minimum Gasteiger partial charge on any atom is -0.366 e. The van der Waals surface area contributed by atoms with E-state index in [0.717, 1.165) is 24.8 Å². The van der Waals surface area contributed by atoms with Crippen molar-refractivity contribution in [3.8, 4) is 0 Å². The first kappa shape index (κ1) is 20.3. The molecular weight excluding hydrogens is 366 g/mol. The standard InChI is InChI=1S/C23H25N3O3/c1-14(2)17-8-4-16(5-9-17)13-20-22(28)25-19(23(29)26(20)3)12-15-6-10-18(11-7-15)21(24)27/h4,6-7,10-13,17H,1,5,8-9H2,2-3H3,(H2,24,27)(H,25,28)/b19-12-,20-13-/t17-/m1/s1. The summed E-state index contributed by atoms with van der Waals surface area (Å²) in [5, 5.41) is 0.512. The van der Waals surface area contributed by atoms with E-state index in [4.69, 9.17) is 5.73 Å². The SMILES string of the molecule is C=C(C)[C@@H]1CC=C(/C=c2/c(=O)[nH]/c(=C\c3ccc(C(N)=O)cc3)c(=O)n2C)CC1. The highest BCUT2D eigenvalue weighted by molar-refractivity contribution is 5.92. The van der Waals surface area contributed by atoms with E-state index in [0.29, 0.717) is 22.4 Å². The molecule has 1 heterocycles. The van der Waals surface area contributed by atoms with Crippen molar-refractivity contribution < 1.29 is 4.79 Å². The molecule has 1 aromatic carbocycles. The second-order valence-electron chi connectivity index (χ2n) is 7.49. The van der Waals surface area contributed by atoms with Gasteiger partial charge in [0.15, 0.2) is 0 Å². The zero-order valence-corrected chi connectivity index (χ0v) is 16.7. The lowest BCUT2D eigenvalue weighted by atomic mass is 9.85. The van der Waals surface area contributed by atoms with E-state index in [1.54, 1.807) is 43.5 Å². The van der Waals surface area contributed by atoms with Gasteiger partial charge >= 0.3 is 0 Å². The second-order valence-corrected chi connectivity index (χ2v) is 7.49. The fraction of sp³-hybridized carbons (Fsp3) is 0.261. The summed E-state index contributed by atoms with van der Waals surface area (Å²) in [4.78, 5) is 39.2. The number of primary amides is 1. The third-order valence-corrected chi connectivity index (χ3v) is 5.35. The highest BCUT2D eigenvalue weighted by Gasteiger charge is 2.14. The second kappa shape index (κ2) is 8.31. The molecule has 0 spiro atoms. The zero-order valence-electron chi connectivity index (χ0n) is 16.7. The van der Waals surface area contributed by atoms with Gasteiger partial charge in [-0.15, -0.1) is 0 Å². The van der Waals surface area contributed by atoms with Crippen LogP contribution in [0.2, 0.25) is 0 Å². The van der Waals surface area contributed by atoms with Crippen molar-refractivity contribution in [2.45, 2.75) is 26.2 Å². The highest BCUT2D eigenvalue weighted by atomic mass is 16.1. The number of H-pyrrole nitrogens is 1. The van der Waals surface area contributed by atoms with Crippen molar-refractivity contribution in [2.24, 2.45) is 18.7 Å². The number of hydrogen-bond donors (Lipinski definition) is 2. The molecule has 1 aliphatic rings. The van der Waals surface area contributed by atoms with Crippen molar-refractivity contribution >= 4 is 18.1 Å². The summed E-state index contributed by atoms with van der Waals surface area (Å²) in [7, 11) is 1.59. The maximum absolute atomic E-state index is 12.7. The van der Waals surface area contributed by atoms with Crippen LogP contribution in [0.3, 0.4) is 0 Å². The van der Waals surface area contributed by atoms with Gasteiger partial charge in [-0.25, -0.2) is 0 Å². The van der Waals surface area contributed by atoms with Crippen molar-refractivity contribution in [1.82, 2.24) is 9.55 Å². The first-order valence-electron chi connectivity index (χ1n) is 9.53. The van der Waals surface area contributed by atoms with E-state index < -0.39 is 5.91 Å². The third kappa shape index (κ3) is 4.54. The first-order valence-corrected chi connectivity index (χ1v) is 9.53. The van der Waals surface area contributed by atoms with Gasteiger partial charge < -0.3 is 15.3 Å². The van der Waals surface area contributed by atoms with E-state index in [1.807, 2.05) is 6.92 Å². The summed E-state index contributed by atoms with van der Waals surface area (Å²) in [6.45, 7) is 6.06. The maximum atomic E-state index is 12.7. The van der Waals surface area contributed by atoms with E-state index in [9.17, 15) is 14.4 Å². The lowest BCUT2D eigenvalue weighted by Gasteiger charge is -2.20. The quantitative estimate of drug-likeness (QED) is 0.763. The molecule has 0 radical (unpaired) electrons. The number of nitrogens with two attached hydrogens (primary N) is 1. The number of nitrogens with one attached hydrogen (secondary N) is 1. The number of allylic oxidation sites excluding steroid dienone is 3. The molecule has 6 nitrogen and oxygen atoms in total. The Morgan fingerprint density at radius 2 is 1.93 bits per heavy atom. The molecule has 0 saturated heterocycles. The molecule has 0 bridgehead atoms. The number of aromatic amines is 1. The van der Waals surface area contributed by atoms with Crippen LogP contribution in [0.4, 0.5) is 0 Å². The number of nitrogens with zero attached hydrogens (tertiary/aromatic N) is 1. The number of hydrogen-bond acceptors (Lipinski definition) is 3. The molecule has 0 unspecified atom stereocenters. The van der Waals surface area contributed by atoms with Crippen LogP contribution in [-0.4, -0.2) is 15.5 Å². The van der Waals surface area contributed by atoms with Gasteiger partial charge in [0.2, 0.25) is 5.91 Å². The van der Waals surface area contributed by atoms with E-state index in [1.165, 1.54) is 10.1 Å². The Balaban J connectivity index is 2.01. The molecule has 6 heteroatoms. The average Bonchev–Trinajstić information content (AvgIpc) is 2.70. The minimum absolute atomic E-state index is 0.182. The predicted octanol–water partition coefficient (Wildman–Crippen LogP) is 1.08. The predicted molar refractivity (Wildman–Crippen MR) is 115 cm³/mol. The van der Waals surface area contributed by atoms with Crippen LogP contribution in [0.25, 0.3) is 12.2 Å². The van der Waals surface area contributed by atoms with Gasteiger partial charge in [0, 0.05) is 12.6 Å². The van der Waals surface area contributed by atoms with Gasteiger partial charge in [0.1, 0.15) is 10.7 Å². The van der Waals surface area contributed by atoms with E-state index in [-0.39, 0.29) is 16.5 Å². The zero-order chi connectivity index (χ0) is 21.1. The number of aromatic nitrogens is 2. The van der Waals surface area contributed by atoms with Crippen LogP contribution in [0.15, 0.2) is 57.7 Å². The summed E-state index contributed by atoms with van der Waals surface area (Å²) in [5.41, 5.74) is 7.90. The summed E-state index contributed by atoms with van der Waals surface area (Å²) in [5.74, 6) is -0.0421. The van der Waals surface area contributed by atoms with Crippen LogP contribution in [0, 0.1) is 5.92 Å². The molecule has 1 aliphatic carbocycles. The molecule has 3 N–H and O–H groups in total. The Bertz CT molecular complexity index is 1230. The topological polar surface area (TPSA) is 97.9 Å². The molecule has 29 heavy (non-hydrogen) atoms. The Kier molecular flexibility index (Phi) is 5.82. The minimum atomic E-state index is -0.521. The molecule has 0 fully saturated rings. The van der Waals surface area contributed by atoms with E-state index in [2.05, 4.69) is 17.6 Å². The van der Waals surface area contributed by atoms with Crippen molar-refractivity contribution in [1.29, 1.82) is 0 Å². The number of rotatable bonds is 4. The molecule has 1 atom stereocenters. The van der Waals surface area contributed by atoms with Crippen LogP contribution < -0.4 is 27.6 Å². The van der Waals surface area contributed by atoms with E-state index >= 15 is 0 Å². The van der Waals surface area contributed by atoms with Crippen molar-refractivity contribution in [3.05, 3.63) is 90.6 Å². The highest BCUT2D eigenvalue weighted by Crippen LogP contribution is 2.28. The summed E-state index contributed by atoms with van der Waals surface area (Å²) in [6, 6.07) is 6.49. The molecule has 3 rings (SSSR count). The van der Waals surface area contributed by atoms with Crippen LogP contribution >= 0.6 is 0 Å². The Morgan fingerprint density at radius 1 is 1.24 bits per heavy atom. The number of carbonyl (C=O) groups excluding carboxylic acids is 1. The van der Waals surface area contributed by atoms with Crippen molar-refractivity contribution in [3.63, 3.8) is 0 Å². The fourth-order valence-corrected chi connectivity index (χ4v) is 3.46. The number of benzene rings is 1. The normalized spacial score (nSPS) is 17.9. The first-order chi connectivity index (χ1) is 13.8. The number of amides is 1. The van der Waals surface area contributed by atoms with Gasteiger partial charge in [0.05, 0.1) is 0 Å². The molecule has 0 saturated carbocycles. The molecular formula is C23H25N3O3. The molecule has 1 amide bonds. The van der Waals surface area contributed by atoms with Crippen LogP contribution in [0.1, 0.15) is 42.1 Å². The van der Waals surface area contributed by atoms with Gasteiger partial charge in [-0.1, -0.05) is 30.4 Å². The molecule has 1 aromatic heterocycles. The summed E-state index contributed by atoms with van der Waals surface area (Å²) < 4.78 is 1.37. The Morgan fingerprint density at radius 3 is 2.48 bits per heavy atom. The van der Waals surface area contributed by atoms with Crippen LogP contribution in [0.5, 0.6) is 0 Å². The third-order valence-electron chi connectivity index (χ3n) is 5.35. The largest absolute Gasteiger partial charge is 0.366 e. The maximum Gasteiger partial charge on any atom is 0.274 e.